The van der Waals surface area contributed by atoms with Gasteiger partial charge < -0.3 is 14.7 Å². The van der Waals surface area contributed by atoms with Crippen LogP contribution in [0.1, 0.15) is 10.4 Å². The Morgan fingerprint density at radius 2 is 2.05 bits per heavy atom. The predicted molar refractivity (Wildman–Crippen MR) is 86.8 cm³/mol. The minimum atomic E-state index is -1.01. The molecule has 0 fully saturated rings. The highest BCUT2D eigenvalue weighted by molar-refractivity contribution is 6.30. The topological polar surface area (TPSA) is 62.7 Å². The third-order valence-corrected chi connectivity index (χ3v) is 3.51. The number of benzene rings is 1. The fraction of sp³-hybridized carbons (Fsp3) is 0.250. The Kier molecular flexibility index (Phi) is 5.35. The molecule has 0 atom stereocenters. The standard InChI is InChI=1S/C16H17ClN2O3/c1-19(7-8-22-2)15-14(9-12(10-18-15)16(20)21)11-3-5-13(17)6-4-11/h3-6,9-10H,7-8H2,1-2H3,(H,20,21). The van der Waals surface area contributed by atoms with Crippen LogP contribution in [0.3, 0.4) is 0 Å². The van der Waals surface area contributed by atoms with Crippen molar-refractivity contribution in [3.05, 3.63) is 47.1 Å². The van der Waals surface area contributed by atoms with Gasteiger partial charge in [-0.3, -0.25) is 0 Å². The Bertz CT molecular complexity index is 659. The van der Waals surface area contributed by atoms with Crippen LogP contribution in [0, 0.1) is 0 Å². The van der Waals surface area contributed by atoms with Crippen LogP contribution in [0.5, 0.6) is 0 Å². The van der Waals surface area contributed by atoms with Crippen molar-refractivity contribution in [2.24, 2.45) is 0 Å². The zero-order valence-corrected chi connectivity index (χ0v) is 13.2. The summed E-state index contributed by atoms with van der Waals surface area (Å²) in [4.78, 5) is 17.4. The summed E-state index contributed by atoms with van der Waals surface area (Å²) in [5, 5.41) is 9.80. The molecule has 1 aromatic carbocycles. The summed E-state index contributed by atoms with van der Waals surface area (Å²) in [5.74, 6) is -0.307. The van der Waals surface area contributed by atoms with E-state index in [-0.39, 0.29) is 5.56 Å². The lowest BCUT2D eigenvalue weighted by Crippen LogP contribution is -2.24. The molecule has 0 aliphatic carbocycles. The van der Waals surface area contributed by atoms with Crippen LogP contribution in [0.25, 0.3) is 11.1 Å². The van der Waals surface area contributed by atoms with Gasteiger partial charge >= 0.3 is 5.97 Å². The Morgan fingerprint density at radius 3 is 2.64 bits per heavy atom. The minimum Gasteiger partial charge on any atom is -0.478 e. The lowest BCUT2D eigenvalue weighted by molar-refractivity contribution is 0.0696. The minimum absolute atomic E-state index is 0.147. The molecule has 2 rings (SSSR count). The van der Waals surface area contributed by atoms with Crippen molar-refractivity contribution in [1.82, 2.24) is 4.98 Å². The van der Waals surface area contributed by atoms with E-state index in [2.05, 4.69) is 4.98 Å². The van der Waals surface area contributed by atoms with E-state index in [0.717, 1.165) is 11.1 Å². The number of carboxylic acids is 1. The smallest absolute Gasteiger partial charge is 0.337 e. The molecule has 6 heteroatoms. The number of rotatable bonds is 6. The molecule has 0 unspecified atom stereocenters. The first-order valence-electron chi connectivity index (χ1n) is 6.72. The summed E-state index contributed by atoms with van der Waals surface area (Å²) in [6.45, 7) is 1.20. The summed E-state index contributed by atoms with van der Waals surface area (Å²) in [7, 11) is 3.52. The molecular formula is C16H17ClN2O3. The quantitative estimate of drug-likeness (QED) is 0.885. The average Bonchev–Trinajstić information content (AvgIpc) is 2.52. The maximum absolute atomic E-state index is 11.2. The average molecular weight is 321 g/mol. The van der Waals surface area contributed by atoms with Crippen molar-refractivity contribution < 1.29 is 14.6 Å². The third-order valence-electron chi connectivity index (χ3n) is 3.26. The highest BCUT2D eigenvalue weighted by Gasteiger charge is 2.14. The first kappa shape index (κ1) is 16.3. The van der Waals surface area contributed by atoms with Crippen molar-refractivity contribution in [2.75, 3.05) is 32.2 Å². The van der Waals surface area contributed by atoms with Gasteiger partial charge in [0.15, 0.2) is 0 Å². The molecule has 5 nitrogen and oxygen atoms in total. The number of anilines is 1. The van der Waals surface area contributed by atoms with Crippen LogP contribution >= 0.6 is 11.6 Å². The molecule has 0 amide bonds. The molecule has 2 aromatic rings. The fourth-order valence-electron chi connectivity index (χ4n) is 2.05. The lowest BCUT2D eigenvalue weighted by atomic mass is 10.0. The molecule has 1 heterocycles. The van der Waals surface area contributed by atoms with Crippen LogP contribution in [-0.2, 0) is 4.74 Å². The fourth-order valence-corrected chi connectivity index (χ4v) is 2.18. The van der Waals surface area contributed by atoms with Crippen molar-refractivity contribution >= 4 is 23.4 Å². The van der Waals surface area contributed by atoms with E-state index in [4.69, 9.17) is 16.3 Å². The van der Waals surface area contributed by atoms with Gasteiger partial charge in [-0.2, -0.15) is 0 Å². The Hall–Kier alpha value is -2.11. The predicted octanol–water partition coefficient (Wildman–Crippen LogP) is 3.18. The molecule has 0 saturated heterocycles. The SMILES string of the molecule is COCCN(C)c1ncc(C(=O)O)cc1-c1ccc(Cl)cc1. The summed E-state index contributed by atoms with van der Waals surface area (Å²) in [5.41, 5.74) is 1.75. The number of hydrogen-bond donors (Lipinski definition) is 1. The number of aromatic nitrogens is 1. The summed E-state index contributed by atoms with van der Waals surface area (Å²) in [6.07, 6.45) is 1.36. The van der Waals surface area contributed by atoms with E-state index in [9.17, 15) is 9.90 Å². The van der Waals surface area contributed by atoms with Gasteiger partial charge in [-0.1, -0.05) is 23.7 Å². The van der Waals surface area contributed by atoms with Crippen LogP contribution in [0.15, 0.2) is 36.5 Å². The van der Waals surface area contributed by atoms with Gasteiger partial charge in [-0.05, 0) is 23.8 Å². The van der Waals surface area contributed by atoms with Gasteiger partial charge in [-0.25, -0.2) is 9.78 Å². The Labute approximate surface area is 134 Å². The van der Waals surface area contributed by atoms with Crippen molar-refractivity contribution in [2.45, 2.75) is 0 Å². The zero-order chi connectivity index (χ0) is 16.1. The molecule has 0 aliphatic heterocycles. The van der Waals surface area contributed by atoms with Gasteiger partial charge in [0, 0.05) is 37.5 Å². The second-order valence-electron chi connectivity index (χ2n) is 4.82. The van der Waals surface area contributed by atoms with Crippen LogP contribution in [0.4, 0.5) is 5.82 Å². The first-order valence-corrected chi connectivity index (χ1v) is 7.10. The molecule has 22 heavy (non-hydrogen) atoms. The molecule has 116 valence electrons. The maximum atomic E-state index is 11.2. The molecule has 0 spiro atoms. The highest BCUT2D eigenvalue weighted by Crippen LogP contribution is 2.30. The molecule has 1 aromatic heterocycles. The second kappa shape index (κ2) is 7.24. The highest BCUT2D eigenvalue weighted by atomic mass is 35.5. The summed E-state index contributed by atoms with van der Waals surface area (Å²) < 4.78 is 5.08. The Balaban J connectivity index is 2.48. The van der Waals surface area contributed by atoms with Crippen LogP contribution < -0.4 is 4.90 Å². The molecule has 0 bridgehead atoms. The van der Waals surface area contributed by atoms with Gasteiger partial charge in [0.2, 0.25) is 0 Å². The number of halogens is 1. The number of methoxy groups -OCH3 is 1. The molecule has 0 saturated carbocycles. The molecular weight excluding hydrogens is 304 g/mol. The number of pyridine rings is 1. The van der Waals surface area contributed by atoms with E-state index in [1.807, 2.05) is 24.1 Å². The van der Waals surface area contributed by atoms with Crippen LogP contribution in [0.2, 0.25) is 5.02 Å². The van der Waals surface area contributed by atoms with E-state index >= 15 is 0 Å². The normalized spacial score (nSPS) is 10.5. The number of likely N-dealkylation sites (N-methyl/N-ethyl adjacent to an activating group) is 1. The number of aromatic carboxylic acids is 1. The van der Waals surface area contributed by atoms with Gasteiger partial charge in [0.1, 0.15) is 5.82 Å². The van der Waals surface area contributed by atoms with E-state index in [0.29, 0.717) is 24.0 Å². The number of hydrogen-bond acceptors (Lipinski definition) is 4. The Morgan fingerprint density at radius 1 is 1.36 bits per heavy atom. The number of carboxylic acid groups (broad SMARTS) is 1. The van der Waals surface area contributed by atoms with Gasteiger partial charge in [-0.15, -0.1) is 0 Å². The largest absolute Gasteiger partial charge is 0.478 e. The van der Waals surface area contributed by atoms with Gasteiger partial charge in [0.25, 0.3) is 0 Å². The van der Waals surface area contributed by atoms with E-state index in [1.165, 1.54) is 6.20 Å². The first-order chi connectivity index (χ1) is 10.5. The van der Waals surface area contributed by atoms with E-state index in [1.54, 1.807) is 25.3 Å². The van der Waals surface area contributed by atoms with Crippen LogP contribution in [-0.4, -0.2) is 43.4 Å². The van der Waals surface area contributed by atoms with E-state index < -0.39 is 5.97 Å². The van der Waals surface area contributed by atoms with Crippen molar-refractivity contribution in [1.29, 1.82) is 0 Å². The molecule has 0 radical (unpaired) electrons. The summed E-state index contributed by atoms with van der Waals surface area (Å²) >= 11 is 5.92. The third kappa shape index (κ3) is 3.75. The van der Waals surface area contributed by atoms with Crippen molar-refractivity contribution in [3.8, 4) is 11.1 Å². The summed E-state index contributed by atoms with van der Waals surface area (Å²) in [6, 6.07) is 8.85. The molecule has 1 N–H and O–H groups in total. The number of carbonyl (C=O) groups is 1. The number of ether oxygens (including phenoxy) is 1. The zero-order valence-electron chi connectivity index (χ0n) is 12.4. The maximum Gasteiger partial charge on any atom is 0.337 e. The van der Waals surface area contributed by atoms with Gasteiger partial charge in [0.05, 0.1) is 12.2 Å². The number of nitrogens with zero attached hydrogens (tertiary/aromatic N) is 2. The second-order valence-corrected chi connectivity index (χ2v) is 5.26. The lowest BCUT2D eigenvalue weighted by Gasteiger charge is -2.21. The molecule has 0 aliphatic rings. The van der Waals surface area contributed by atoms with Crippen molar-refractivity contribution in [3.63, 3.8) is 0 Å². The monoisotopic (exact) mass is 320 g/mol.